The van der Waals surface area contributed by atoms with Gasteiger partial charge in [0.05, 0.1) is 24.0 Å². The van der Waals surface area contributed by atoms with Crippen molar-refractivity contribution in [2.24, 2.45) is 7.05 Å². The SMILES string of the molecule is CCN1C(=O)CN(c2ccn3c(=O)n(C)nc3c2)c2ccc(C(=O)OC)cc21. The van der Waals surface area contributed by atoms with E-state index in [4.69, 9.17) is 4.74 Å². The highest BCUT2D eigenvalue weighted by atomic mass is 16.5. The number of amides is 1. The molecular formula is C19H19N5O4. The Balaban J connectivity index is 1.86. The molecule has 0 N–H and O–H groups in total. The van der Waals surface area contributed by atoms with E-state index in [2.05, 4.69) is 5.10 Å². The molecule has 0 spiro atoms. The van der Waals surface area contributed by atoms with Crippen LogP contribution < -0.4 is 15.5 Å². The summed E-state index contributed by atoms with van der Waals surface area (Å²) in [7, 11) is 2.91. The number of methoxy groups -OCH3 is 1. The molecule has 0 bridgehead atoms. The lowest BCUT2D eigenvalue weighted by molar-refractivity contribution is -0.117. The quantitative estimate of drug-likeness (QED) is 0.636. The van der Waals surface area contributed by atoms with Crippen LogP contribution in [0, 0.1) is 0 Å². The second-order valence-corrected chi connectivity index (χ2v) is 6.44. The van der Waals surface area contributed by atoms with Crippen LogP contribution in [0.15, 0.2) is 41.3 Å². The summed E-state index contributed by atoms with van der Waals surface area (Å²) in [5.74, 6) is -0.548. The largest absolute Gasteiger partial charge is 0.465 e. The van der Waals surface area contributed by atoms with Crippen LogP contribution in [0.3, 0.4) is 0 Å². The Morgan fingerprint density at radius 3 is 2.68 bits per heavy atom. The maximum atomic E-state index is 12.7. The minimum atomic E-state index is -0.460. The van der Waals surface area contributed by atoms with E-state index in [-0.39, 0.29) is 18.1 Å². The predicted molar refractivity (Wildman–Crippen MR) is 103 cm³/mol. The summed E-state index contributed by atoms with van der Waals surface area (Å²) in [5, 5.41) is 4.21. The normalized spacial score (nSPS) is 13.8. The number of rotatable bonds is 3. The van der Waals surface area contributed by atoms with Gasteiger partial charge in [-0.3, -0.25) is 9.20 Å². The van der Waals surface area contributed by atoms with E-state index in [1.807, 2.05) is 11.8 Å². The minimum absolute atomic E-state index is 0.0877. The van der Waals surface area contributed by atoms with Crippen molar-refractivity contribution in [3.05, 3.63) is 52.6 Å². The molecule has 0 aliphatic carbocycles. The Morgan fingerprint density at radius 2 is 1.96 bits per heavy atom. The van der Waals surface area contributed by atoms with Crippen molar-refractivity contribution < 1.29 is 14.3 Å². The smallest absolute Gasteiger partial charge is 0.350 e. The van der Waals surface area contributed by atoms with Gasteiger partial charge < -0.3 is 14.5 Å². The number of benzene rings is 1. The van der Waals surface area contributed by atoms with Gasteiger partial charge in [0.25, 0.3) is 0 Å². The van der Waals surface area contributed by atoms with Crippen LogP contribution in [0.1, 0.15) is 17.3 Å². The van der Waals surface area contributed by atoms with Gasteiger partial charge in [0.15, 0.2) is 5.65 Å². The molecule has 9 heteroatoms. The molecule has 1 amide bonds. The highest BCUT2D eigenvalue weighted by Gasteiger charge is 2.30. The Labute approximate surface area is 160 Å². The Hall–Kier alpha value is -3.62. The molecule has 0 unspecified atom stereocenters. The molecule has 0 atom stereocenters. The molecule has 144 valence electrons. The van der Waals surface area contributed by atoms with Crippen molar-refractivity contribution in [2.45, 2.75) is 6.92 Å². The zero-order chi connectivity index (χ0) is 20.0. The number of hydrogen-bond acceptors (Lipinski definition) is 6. The molecule has 0 fully saturated rings. The first-order valence-electron chi connectivity index (χ1n) is 8.80. The van der Waals surface area contributed by atoms with Crippen molar-refractivity contribution in [1.29, 1.82) is 0 Å². The first-order valence-corrected chi connectivity index (χ1v) is 8.80. The van der Waals surface area contributed by atoms with E-state index in [0.29, 0.717) is 23.4 Å². The Morgan fingerprint density at radius 1 is 1.18 bits per heavy atom. The average molecular weight is 381 g/mol. The van der Waals surface area contributed by atoms with Gasteiger partial charge >= 0.3 is 11.7 Å². The molecule has 3 heterocycles. The third kappa shape index (κ3) is 2.63. The minimum Gasteiger partial charge on any atom is -0.465 e. The van der Waals surface area contributed by atoms with Crippen LogP contribution in [0.25, 0.3) is 5.65 Å². The molecule has 2 aromatic heterocycles. The van der Waals surface area contributed by atoms with Crippen molar-refractivity contribution in [1.82, 2.24) is 14.2 Å². The maximum Gasteiger partial charge on any atom is 0.350 e. The molecule has 4 rings (SSSR count). The number of fused-ring (bicyclic) bond motifs is 2. The standard InChI is InChI=1S/C19H19N5O4/c1-4-22-15-9-12(18(26)28-3)5-6-14(15)24(11-17(22)25)13-7-8-23-16(10-13)20-21(2)19(23)27/h5-10H,4,11H2,1-3H3. The van der Waals surface area contributed by atoms with Crippen LogP contribution in [0.2, 0.25) is 0 Å². The number of pyridine rings is 1. The number of carbonyl (C=O) groups excluding carboxylic acids is 2. The fourth-order valence-corrected chi connectivity index (χ4v) is 3.47. The van der Waals surface area contributed by atoms with Gasteiger partial charge in [-0.15, -0.1) is 0 Å². The van der Waals surface area contributed by atoms with Gasteiger partial charge in [-0.25, -0.2) is 14.3 Å². The number of aryl methyl sites for hydroxylation is 1. The van der Waals surface area contributed by atoms with Crippen LogP contribution in [0.4, 0.5) is 17.1 Å². The first-order chi connectivity index (χ1) is 13.4. The van der Waals surface area contributed by atoms with E-state index >= 15 is 0 Å². The third-order valence-electron chi connectivity index (χ3n) is 4.85. The van der Waals surface area contributed by atoms with E-state index in [0.717, 1.165) is 11.4 Å². The summed E-state index contributed by atoms with van der Waals surface area (Å²) >= 11 is 0. The number of anilines is 3. The Kier molecular flexibility index (Phi) is 4.14. The molecule has 0 saturated carbocycles. The molecule has 1 aliphatic heterocycles. The van der Waals surface area contributed by atoms with Crippen LogP contribution in [0.5, 0.6) is 0 Å². The fourth-order valence-electron chi connectivity index (χ4n) is 3.47. The predicted octanol–water partition coefficient (Wildman–Crippen LogP) is 1.32. The lowest BCUT2D eigenvalue weighted by Gasteiger charge is -2.37. The van der Waals surface area contributed by atoms with Gasteiger partial charge in [-0.2, -0.15) is 5.10 Å². The first kappa shape index (κ1) is 17.8. The van der Waals surface area contributed by atoms with Crippen LogP contribution >= 0.6 is 0 Å². The topological polar surface area (TPSA) is 89.2 Å². The van der Waals surface area contributed by atoms with Gasteiger partial charge in [0, 0.05) is 31.5 Å². The summed E-state index contributed by atoms with van der Waals surface area (Å²) in [6, 6.07) is 8.66. The second kappa shape index (κ2) is 6.52. The molecule has 0 radical (unpaired) electrons. The summed E-state index contributed by atoms with van der Waals surface area (Å²) in [4.78, 5) is 40.2. The van der Waals surface area contributed by atoms with E-state index in [1.54, 1.807) is 48.5 Å². The lowest BCUT2D eigenvalue weighted by Crippen LogP contribution is -2.44. The summed E-state index contributed by atoms with van der Waals surface area (Å²) in [6.45, 7) is 2.51. The molecule has 3 aromatic rings. The zero-order valence-corrected chi connectivity index (χ0v) is 15.7. The maximum absolute atomic E-state index is 12.7. The summed E-state index contributed by atoms with van der Waals surface area (Å²) < 4.78 is 7.50. The summed E-state index contributed by atoms with van der Waals surface area (Å²) in [5.41, 5.74) is 2.78. The van der Waals surface area contributed by atoms with Gasteiger partial charge in [-0.1, -0.05) is 0 Å². The van der Waals surface area contributed by atoms with Gasteiger partial charge in [0.1, 0.15) is 6.54 Å². The number of hydrogen-bond donors (Lipinski definition) is 0. The number of aromatic nitrogens is 3. The molecule has 1 aromatic carbocycles. The highest BCUT2D eigenvalue weighted by molar-refractivity contribution is 6.06. The molecule has 0 saturated heterocycles. The third-order valence-corrected chi connectivity index (χ3v) is 4.85. The second-order valence-electron chi connectivity index (χ2n) is 6.44. The van der Waals surface area contributed by atoms with E-state index in [9.17, 15) is 14.4 Å². The molecular weight excluding hydrogens is 362 g/mol. The number of esters is 1. The van der Waals surface area contributed by atoms with Crippen LogP contribution in [-0.4, -0.2) is 46.3 Å². The number of likely N-dealkylation sites (N-methyl/N-ethyl adjacent to an activating group) is 1. The molecule has 9 nitrogen and oxygen atoms in total. The van der Waals surface area contributed by atoms with E-state index in [1.165, 1.54) is 16.2 Å². The zero-order valence-electron chi connectivity index (χ0n) is 15.7. The van der Waals surface area contributed by atoms with Crippen molar-refractivity contribution in [2.75, 3.05) is 30.0 Å². The van der Waals surface area contributed by atoms with Crippen LogP contribution in [-0.2, 0) is 16.6 Å². The van der Waals surface area contributed by atoms with Crippen molar-refractivity contribution in [3.8, 4) is 0 Å². The Bertz CT molecular complexity index is 1160. The van der Waals surface area contributed by atoms with Gasteiger partial charge in [-0.05, 0) is 31.2 Å². The summed E-state index contributed by atoms with van der Waals surface area (Å²) in [6.07, 6.45) is 1.64. The average Bonchev–Trinajstić information content (AvgIpc) is 2.99. The molecule has 28 heavy (non-hydrogen) atoms. The van der Waals surface area contributed by atoms with Gasteiger partial charge in [0.2, 0.25) is 5.91 Å². The fraction of sp³-hybridized carbons (Fsp3) is 0.263. The monoisotopic (exact) mass is 381 g/mol. The van der Waals surface area contributed by atoms with E-state index < -0.39 is 5.97 Å². The highest BCUT2D eigenvalue weighted by Crippen LogP contribution is 2.39. The lowest BCUT2D eigenvalue weighted by atomic mass is 10.1. The van der Waals surface area contributed by atoms with Crippen molar-refractivity contribution >= 4 is 34.6 Å². The number of ether oxygens (including phenoxy) is 1. The molecule has 1 aliphatic rings. The number of carbonyl (C=O) groups is 2. The van der Waals surface area contributed by atoms with Crippen molar-refractivity contribution in [3.63, 3.8) is 0 Å². The number of nitrogens with zero attached hydrogens (tertiary/aromatic N) is 5.